The van der Waals surface area contributed by atoms with E-state index in [-0.39, 0.29) is 5.97 Å². The Morgan fingerprint density at radius 3 is 2.45 bits per heavy atom. The molecular weight excluding hydrogens is 254 g/mol. The molecule has 4 nitrogen and oxygen atoms in total. The lowest BCUT2D eigenvalue weighted by Gasteiger charge is -2.20. The van der Waals surface area contributed by atoms with Crippen LogP contribution in [0.25, 0.3) is 0 Å². The Balaban J connectivity index is 3.02. The molecule has 0 radical (unpaired) electrons. The lowest BCUT2D eigenvalue weighted by atomic mass is 9.95. The average molecular weight is 279 g/mol. The van der Waals surface area contributed by atoms with E-state index in [1.165, 1.54) is 11.1 Å². The first-order chi connectivity index (χ1) is 9.51. The van der Waals surface area contributed by atoms with E-state index in [1.807, 2.05) is 13.8 Å². The van der Waals surface area contributed by atoms with E-state index in [0.717, 1.165) is 11.1 Å². The van der Waals surface area contributed by atoms with Crippen molar-refractivity contribution in [2.75, 3.05) is 26.9 Å². The van der Waals surface area contributed by atoms with E-state index < -0.39 is 6.04 Å². The van der Waals surface area contributed by atoms with Crippen molar-refractivity contribution in [1.29, 1.82) is 0 Å². The number of rotatable bonds is 7. The van der Waals surface area contributed by atoms with Crippen molar-refractivity contribution in [1.82, 2.24) is 5.32 Å². The standard InChI is InChI=1S/C16H25NO3/c1-6-20-16(18)15(17-7-8-19-5)14-10-12(3)11(2)9-13(14)4/h9-10,15,17H,6-8H2,1-5H3. The maximum Gasteiger partial charge on any atom is 0.327 e. The zero-order valence-electron chi connectivity index (χ0n) is 13.1. The predicted octanol–water partition coefficient (Wildman–Crippen LogP) is 2.45. The van der Waals surface area contributed by atoms with Crippen LogP contribution in [0, 0.1) is 20.8 Å². The molecule has 0 aliphatic carbocycles. The van der Waals surface area contributed by atoms with Crippen LogP contribution in [-0.2, 0) is 14.3 Å². The van der Waals surface area contributed by atoms with Crippen LogP contribution in [0.3, 0.4) is 0 Å². The first-order valence-corrected chi connectivity index (χ1v) is 6.98. The molecule has 1 aromatic carbocycles. The van der Waals surface area contributed by atoms with Crippen molar-refractivity contribution in [2.45, 2.75) is 33.7 Å². The molecule has 0 aliphatic rings. The highest BCUT2D eigenvalue weighted by molar-refractivity contribution is 5.78. The van der Waals surface area contributed by atoms with Crippen molar-refractivity contribution < 1.29 is 14.3 Å². The molecule has 1 rings (SSSR count). The summed E-state index contributed by atoms with van der Waals surface area (Å²) >= 11 is 0. The Hall–Kier alpha value is -1.39. The smallest absolute Gasteiger partial charge is 0.327 e. The summed E-state index contributed by atoms with van der Waals surface area (Å²) in [6.45, 7) is 9.50. The van der Waals surface area contributed by atoms with Gasteiger partial charge in [0.05, 0.1) is 13.2 Å². The summed E-state index contributed by atoms with van der Waals surface area (Å²) in [5.41, 5.74) is 4.47. The van der Waals surface area contributed by atoms with Gasteiger partial charge in [0.2, 0.25) is 0 Å². The minimum absolute atomic E-state index is 0.241. The summed E-state index contributed by atoms with van der Waals surface area (Å²) in [6, 6.07) is 3.73. The molecule has 1 aromatic rings. The van der Waals surface area contributed by atoms with Crippen LogP contribution in [-0.4, -0.2) is 32.8 Å². The second kappa shape index (κ2) is 8.02. The van der Waals surface area contributed by atoms with Crippen molar-refractivity contribution in [2.24, 2.45) is 0 Å². The molecule has 0 amide bonds. The minimum Gasteiger partial charge on any atom is -0.465 e. The summed E-state index contributed by atoms with van der Waals surface area (Å²) in [6.07, 6.45) is 0. The van der Waals surface area contributed by atoms with Crippen molar-refractivity contribution in [3.05, 3.63) is 34.4 Å². The summed E-state index contributed by atoms with van der Waals surface area (Å²) in [5, 5.41) is 3.21. The first kappa shape index (κ1) is 16.7. The maximum absolute atomic E-state index is 12.2. The fourth-order valence-corrected chi connectivity index (χ4v) is 2.15. The van der Waals surface area contributed by atoms with E-state index >= 15 is 0 Å². The Morgan fingerprint density at radius 1 is 1.20 bits per heavy atom. The molecule has 0 fully saturated rings. The zero-order valence-corrected chi connectivity index (χ0v) is 13.1. The Kier molecular flexibility index (Phi) is 6.68. The molecule has 1 atom stereocenters. The monoisotopic (exact) mass is 279 g/mol. The lowest BCUT2D eigenvalue weighted by Crippen LogP contribution is -2.33. The van der Waals surface area contributed by atoms with Crippen LogP contribution in [0.5, 0.6) is 0 Å². The summed E-state index contributed by atoms with van der Waals surface area (Å²) < 4.78 is 10.2. The quantitative estimate of drug-likeness (QED) is 0.615. The van der Waals surface area contributed by atoms with Gasteiger partial charge in [-0.15, -0.1) is 0 Å². The molecule has 1 N–H and O–H groups in total. The van der Waals surface area contributed by atoms with E-state index in [0.29, 0.717) is 19.8 Å². The van der Waals surface area contributed by atoms with Crippen LogP contribution in [0.4, 0.5) is 0 Å². The maximum atomic E-state index is 12.2. The third-order valence-corrected chi connectivity index (χ3v) is 3.37. The fraction of sp³-hybridized carbons (Fsp3) is 0.562. The van der Waals surface area contributed by atoms with E-state index in [4.69, 9.17) is 9.47 Å². The number of ether oxygens (including phenoxy) is 2. The summed E-state index contributed by atoms with van der Waals surface area (Å²) in [5.74, 6) is -0.241. The molecule has 0 heterocycles. The van der Waals surface area contributed by atoms with Gasteiger partial charge >= 0.3 is 5.97 Å². The Morgan fingerprint density at radius 2 is 1.85 bits per heavy atom. The van der Waals surface area contributed by atoms with Gasteiger partial charge in [-0.2, -0.15) is 0 Å². The predicted molar refractivity (Wildman–Crippen MR) is 79.9 cm³/mol. The van der Waals surface area contributed by atoms with Gasteiger partial charge in [-0.05, 0) is 49.9 Å². The van der Waals surface area contributed by atoms with Gasteiger partial charge in [0.1, 0.15) is 6.04 Å². The molecule has 0 saturated carbocycles. The highest BCUT2D eigenvalue weighted by atomic mass is 16.5. The molecule has 4 heteroatoms. The zero-order chi connectivity index (χ0) is 15.1. The third kappa shape index (κ3) is 4.32. The number of aryl methyl sites for hydroxylation is 3. The second-order valence-electron chi connectivity index (χ2n) is 4.93. The lowest BCUT2D eigenvalue weighted by molar-refractivity contribution is -0.145. The van der Waals surface area contributed by atoms with Gasteiger partial charge in [-0.1, -0.05) is 12.1 Å². The molecule has 1 unspecified atom stereocenters. The van der Waals surface area contributed by atoms with Crippen LogP contribution in [0.1, 0.15) is 35.2 Å². The van der Waals surface area contributed by atoms with E-state index in [9.17, 15) is 4.79 Å². The first-order valence-electron chi connectivity index (χ1n) is 6.98. The number of nitrogens with one attached hydrogen (secondary N) is 1. The number of hydrogen-bond acceptors (Lipinski definition) is 4. The summed E-state index contributed by atoms with van der Waals surface area (Å²) in [7, 11) is 1.64. The Labute approximate surface area is 121 Å². The molecular formula is C16H25NO3. The minimum atomic E-state index is -0.440. The number of benzene rings is 1. The molecule has 0 aliphatic heterocycles. The van der Waals surface area contributed by atoms with E-state index in [2.05, 4.69) is 31.3 Å². The molecule has 0 bridgehead atoms. The highest BCUT2D eigenvalue weighted by Gasteiger charge is 2.23. The average Bonchev–Trinajstić information content (AvgIpc) is 2.40. The molecule has 112 valence electrons. The normalized spacial score (nSPS) is 12.2. The number of hydrogen-bond donors (Lipinski definition) is 1. The molecule has 0 spiro atoms. The Bertz CT molecular complexity index is 457. The third-order valence-electron chi connectivity index (χ3n) is 3.37. The van der Waals surface area contributed by atoms with Crippen LogP contribution in [0.15, 0.2) is 12.1 Å². The second-order valence-corrected chi connectivity index (χ2v) is 4.93. The number of carbonyl (C=O) groups is 1. The number of methoxy groups -OCH3 is 1. The topological polar surface area (TPSA) is 47.6 Å². The van der Waals surface area contributed by atoms with Crippen molar-refractivity contribution >= 4 is 5.97 Å². The van der Waals surface area contributed by atoms with Crippen LogP contribution in [0.2, 0.25) is 0 Å². The highest BCUT2D eigenvalue weighted by Crippen LogP contribution is 2.23. The SMILES string of the molecule is CCOC(=O)C(NCCOC)c1cc(C)c(C)cc1C. The molecule has 20 heavy (non-hydrogen) atoms. The molecule has 0 aromatic heterocycles. The van der Waals surface area contributed by atoms with Crippen LogP contribution < -0.4 is 5.32 Å². The number of carbonyl (C=O) groups excluding carboxylic acids is 1. The van der Waals surface area contributed by atoms with Gasteiger partial charge in [-0.25, -0.2) is 4.79 Å². The van der Waals surface area contributed by atoms with Crippen molar-refractivity contribution in [3.63, 3.8) is 0 Å². The van der Waals surface area contributed by atoms with Gasteiger partial charge < -0.3 is 9.47 Å². The van der Waals surface area contributed by atoms with Gasteiger partial charge in [0.25, 0.3) is 0 Å². The largest absolute Gasteiger partial charge is 0.465 e. The van der Waals surface area contributed by atoms with E-state index in [1.54, 1.807) is 7.11 Å². The molecule has 0 saturated heterocycles. The van der Waals surface area contributed by atoms with Gasteiger partial charge in [-0.3, -0.25) is 5.32 Å². The van der Waals surface area contributed by atoms with Crippen molar-refractivity contribution in [3.8, 4) is 0 Å². The van der Waals surface area contributed by atoms with Gasteiger partial charge in [0.15, 0.2) is 0 Å². The van der Waals surface area contributed by atoms with Crippen LogP contribution >= 0.6 is 0 Å². The van der Waals surface area contributed by atoms with Gasteiger partial charge in [0, 0.05) is 13.7 Å². The number of esters is 1. The summed E-state index contributed by atoms with van der Waals surface area (Å²) in [4.78, 5) is 12.2. The fourth-order valence-electron chi connectivity index (χ4n) is 2.15.